The van der Waals surface area contributed by atoms with E-state index in [4.69, 9.17) is 11.6 Å². The van der Waals surface area contributed by atoms with Crippen molar-refractivity contribution >= 4 is 23.1 Å². The molecule has 1 aromatic carbocycles. The molecule has 6 nitrogen and oxygen atoms in total. The van der Waals surface area contributed by atoms with Crippen molar-refractivity contribution < 1.29 is 0 Å². The Kier molecular flexibility index (Phi) is 2.92. The summed E-state index contributed by atoms with van der Waals surface area (Å²) in [5.74, 6) is 0.645. The highest BCUT2D eigenvalue weighted by Crippen LogP contribution is 2.12. The fraction of sp³-hybridized carbons (Fsp3) is 0.0833. The molecular weight excluding hydrogens is 266 g/mol. The SMILES string of the molecule is O=c1[nH]nc2cc(NCc3cccc(Cl)c3)ncn12. The Balaban J connectivity index is 1.80. The number of nitrogens with one attached hydrogen (secondary N) is 2. The lowest BCUT2D eigenvalue weighted by molar-refractivity contribution is 0.990. The minimum absolute atomic E-state index is 0.302. The molecule has 7 heteroatoms. The summed E-state index contributed by atoms with van der Waals surface area (Å²) in [5.41, 5.74) is 1.27. The van der Waals surface area contributed by atoms with Crippen molar-refractivity contribution in [2.24, 2.45) is 0 Å². The smallest absolute Gasteiger partial charge is 0.348 e. The zero-order chi connectivity index (χ0) is 13.2. The van der Waals surface area contributed by atoms with Gasteiger partial charge in [-0.2, -0.15) is 5.10 Å². The maximum atomic E-state index is 11.3. The van der Waals surface area contributed by atoms with Crippen molar-refractivity contribution in [2.75, 3.05) is 5.32 Å². The molecule has 0 saturated heterocycles. The minimum atomic E-state index is -0.302. The molecule has 0 amide bonds. The molecule has 0 aliphatic carbocycles. The number of aromatic amines is 1. The molecule has 96 valence electrons. The van der Waals surface area contributed by atoms with Gasteiger partial charge in [-0.3, -0.25) is 0 Å². The van der Waals surface area contributed by atoms with Gasteiger partial charge in [-0.15, -0.1) is 0 Å². The Labute approximate surface area is 113 Å². The lowest BCUT2D eigenvalue weighted by Gasteiger charge is -2.05. The molecule has 0 radical (unpaired) electrons. The predicted octanol–water partition coefficient (Wildman–Crippen LogP) is 1.68. The number of nitrogens with zero attached hydrogens (tertiary/aromatic N) is 3. The van der Waals surface area contributed by atoms with E-state index in [9.17, 15) is 4.79 Å². The van der Waals surface area contributed by atoms with E-state index in [0.717, 1.165) is 5.56 Å². The largest absolute Gasteiger partial charge is 0.366 e. The van der Waals surface area contributed by atoms with Crippen molar-refractivity contribution in [3.8, 4) is 0 Å². The third kappa shape index (κ3) is 2.43. The molecule has 2 aromatic heterocycles. The van der Waals surface area contributed by atoms with Gasteiger partial charge in [0.05, 0.1) is 0 Å². The van der Waals surface area contributed by atoms with Gasteiger partial charge >= 0.3 is 5.69 Å². The summed E-state index contributed by atoms with van der Waals surface area (Å²) in [6.07, 6.45) is 1.43. The first-order valence-corrected chi connectivity index (χ1v) is 6.01. The molecule has 0 fully saturated rings. The van der Waals surface area contributed by atoms with E-state index >= 15 is 0 Å². The van der Waals surface area contributed by atoms with Crippen LogP contribution in [-0.2, 0) is 6.54 Å². The minimum Gasteiger partial charge on any atom is -0.366 e. The number of aromatic nitrogens is 4. The standard InChI is InChI=1S/C12H10ClN5O/c13-9-3-1-2-8(4-9)6-14-10-5-11-16-17-12(19)18(11)7-15-10/h1-5,7,14H,6H2,(H,17,19). The van der Waals surface area contributed by atoms with Crippen LogP contribution >= 0.6 is 11.6 Å². The van der Waals surface area contributed by atoms with Gasteiger partial charge in [0, 0.05) is 17.6 Å². The topological polar surface area (TPSA) is 75.1 Å². The molecule has 0 spiro atoms. The van der Waals surface area contributed by atoms with E-state index in [-0.39, 0.29) is 5.69 Å². The maximum Gasteiger partial charge on any atom is 0.348 e. The third-order valence-corrected chi connectivity index (χ3v) is 2.91. The Morgan fingerprint density at radius 1 is 1.37 bits per heavy atom. The number of H-pyrrole nitrogens is 1. The number of hydrogen-bond donors (Lipinski definition) is 2. The molecular formula is C12H10ClN5O. The van der Waals surface area contributed by atoms with Crippen LogP contribution in [0, 0.1) is 0 Å². The fourth-order valence-corrected chi connectivity index (χ4v) is 1.96. The Morgan fingerprint density at radius 3 is 3.11 bits per heavy atom. The molecule has 0 atom stereocenters. The zero-order valence-corrected chi connectivity index (χ0v) is 10.6. The van der Waals surface area contributed by atoms with Crippen LogP contribution in [0.1, 0.15) is 5.56 Å². The number of anilines is 1. The van der Waals surface area contributed by atoms with Crippen molar-refractivity contribution in [3.63, 3.8) is 0 Å². The Hall–Kier alpha value is -2.34. The zero-order valence-electron chi connectivity index (χ0n) is 9.80. The average Bonchev–Trinajstić information content (AvgIpc) is 2.78. The van der Waals surface area contributed by atoms with Crippen molar-refractivity contribution in [1.82, 2.24) is 19.6 Å². The summed E-state index contributed by atoms with van der Waals surface area (Å²) in [5, 5.41) is 10.1. The van der Waals surface area contributed by atoms with Crippen LogP contribution in [0.4, 0.5) is 5.82 Å². The lowest BCUT2D eigenvalue weighted by Crippen LogP contribution is -2.10. The van der Waals surface area contributed by atoms with Crippen molar-refractivity contribution in [2.45, 2.75) is 6.54 Å². The molecule has 3 rings (SSSR count). The summed E-state index contributed by atoms with van der Waals surface area (Å²) < 4.78 is 1.34. The predicted molar refractivity (Wildman–Crippen MR) is 72.4 cm³/mol. The van der Waals surface area contributed by atoms with Crippen LogP contribution in [0.5, 0.6) is 0 Å². The van der Waals surface area contributed by atoms with Crippen LogP contribution < -0.4 is 11.0 Å². The molecule has 0 unspecified atom stereocenters. The Bertz CT molecular complexity index is 779. The molecule has 2 N–H and O–H groups in total. The molecule has 0 aliphatic heterocycles. The highest BCUT2D eigenvalue weighted by Gasteiger charge is 2.02. The van der Waals surface area contributed by atoms with E-state index < -0.39 is 0 Å². The van der Waals surface area contributed by atoms with Crippen LogP contribution in [0.15, 0.2) is 41.5 Å². The normalized spacial score (nSPS) is 10.8. The second kappa shape index (κ2) is 4.74. The highest BCUT2D eigenvalue weighted by atomic mass is 35.5. The molecule has 0 bridgehead atoms. The van der Waals surface area contributed by atoms with Gasteiger partial charge in [-0.1, -0.05) is 23.7 Å². The molecule has 0 aliphatic rings. The number of benzene rings is 1. The lowest BCUT2D eigenvalue weighted by atomic mass is 10.2. The molecule has 19 heavy (non-hydrogen) atoms. The van der Waals surface area contributed by atoms with Crippen LogP contribution in [0.3, 0.4) is 0 Å². The second-order valence-electron chi connectivity index (χ2n) is 4.01. The van der Waals surface area contributed by atoms with Crippen LogP contribution in [0.2, 0.25) is 5.02 Å². The molecule has 3 aromatic rings. The summed E-state index contributed by atoms with van der Waals surface area (Å²) >= 11 is 5.91. The molecule has 2 heterocycles. The van der Waals surface area contributed by atoms with Gasteiger partial charge in [0.2, 0.25) is 0 Å². The number of rotatable bonds is 3. The Morgan fingerprint density at radius 2 is 2.26 bits per heavy atom. The van der Waals surface area contributed by atoms with E-state index in [2.05, 4.69) is 20.5 Å². The van der Waals surface area contributed by atoms with Gasteiger partial charge < -0.3 is 5.32 Å². The van der Waals surface area contributed by atoms with Crippen LogP contribution in [0.25, 0.3) is 5.65 Å². The second-order valence-corrected chi connectivity index (χ2v) is 4.45. The van der Waals surface area contributed by atoms with Gasteiger partial charge in [-0.25, -0.2) is 19.3 Å². The van der Waals surface area contributed by atoms with Gasteiger partial charge in [0.25, 0.3) is 0 Å². The van der Waals surface area contributed by atoms with Gasteiger partial charge in [0.1, 0.15) is 12.1 Å². The van der Waals surface area contributed by atoms with Crippen LogP contribution in [-0.4, -0.2) is 19.6 Å². The maximum absolute atomic E-state index is 11.3. The third-order valence-electron chi connectivity index (χ3n) is 2.67. The first kappa shape index (κ1) is 11.7. The number of halogens is 1. The molecule has 0 saturated carbocycles. The number of fused-ring (bicyclic) bond motifs is 1. The summed E-state index contributed by atoms with van der Waals surface area (Å²) in [4.78, 5) is 15.4. The van der Waals surface area contributed by atoms with Gasteiger partial charge in [0.15, 0.2) is 5.65 Å². The summed E-state index contributed by atoms with van der Waals surface area (Å²) in [7, 11) is 0. The summed E-state index contributed by atoms with van der Waals surface area (Å²) in [6.45, 7) is 0.596. The first-order chi connectivity index (χ1) is 9.22. The monoisotopic (exact) mass is 275 g/mol. The summed E-state index contributed by atoms with van der Waals surface area (Å²) in [6, 6.07) is 9.26. The average molecular weight is 276 g/mol. The fourth-order valence-electron chi connectivity index (χ4n) is 1.75. The van der Waals surface area contributed by atoms with E-state index in [1.54, 1.807) is 6.07 Å². The van der Waals surface area contributed by atoms with Crippen molar-refractivity contribution in [3.05, 3.63) is 57.7 Å². The van der Waals surface area contributed by atoms with Crippen molar-refractivity contribution in [1.29, 1.82) is 0 Å². The van der Waals surface area contributed by atoms with E-state index in [1.807, 2.05) is 24.3 Å². The van der Waals surface area contributed by atoms with Gasteiger partial charge in [-0.05, 0) is 17.7 Å². The first-order valence-electron chi connectivity index (χ1n) is 5.63. The number of hydrogen-bond acceptors (Lipinski definition) is 4. The quantitative estimate of drug-likeness (QED) is 0.763. The van der Waals surface area contributed by atoms with E-state index in [1.165, 1.54) is 10.7 Å². The highest BCUT2D eigenvalue weighted by molar-refractivity contribution is 6.30. The van der Waals surface area contributed by atoms with E-state index in [0.29, 0.717) is 23.0 Å².